The van der Waals surface area contributed by atoms with E-state index in [-0.39, 0.29) is 28.9 Å². The number of likely N-dealkylation sites (tertiary alicyclic amines) is 1. The van der Waals surface area contributed by atoms with E-state index in [0.29, 0.717) is 45.0 Å². The molecule has 0 unspecified atom stereocenters. The van der Waals surface area contributed by atoms with Gasteiger partial charge in [0.2, 0.25) is 5.91 Å². The Balaban J connectivity index is 1.55. The topological polar surface area (TPSA) is 52.7 Å². The van der Waals surface area contributed by atoms with Gasteiger partial charge in [-0.15, -0.1) is 0 Å². The van der Waals surface area contributed by atoms with Gasteiger partial charge in [0.25, 0.3) is 5.91 Å². The highest BCUT2D eigenvalue weighted by atomic mass is 19.4. The van der Waals surface area contributed by atoms with E-state index in [9.17, 15) is 35.9 Å². The quantitative estimate of drug-likeness (QED) is 0.560. The molecule has 0 spiro atoms. The maximum Gasteiger partial charge on any atom is 0.416 e. The fourth-order valence-corrected chi connectivity index (χ4v) is 4.56. The molecule has 0 saturated carbocycles. The van der Waals surface area contributed by atoms with Crippen molar-refractivity contribution in [3.8, 4) is 0 Å². The van der Waals surface area contributed by atoms with Crippen molar-refractivity contribution in [1.29, 1.82) is 0 Å². The maximum atomic E-state index is 13.6. The molecule has 4 rings (SSSR count). The number of benzene rings is 2. The Labute approximate surface area is 197 Å². The Morgan fingerprint density at radius 3 is 2.17 bits per heavy atom. The van der Waals surface area contributed by atoms with Gasteiger partial charge < -0.3 is 15.1 Å². The van der Waals surface area contributed by atoms with E-state index in [1.807, 2.05) is 4.90 Å². The summed E-state index contributed by atoms with van der Waals surface area (Å²) in [6.07, 6.45) is -6.85. The summed E-state index contributed by atoms with van der Waals surface area (Å²) >= 11 is 0. The minimum absolute atomic E-state index is 0.0377. The van der Waals surface area contributed by atoms with E-state index in [4.69, 9.17) is 0 Å². The molecule has 0 aromatic heterocycles. The number of nitrogens with one attached hydrogen (secondary N) is 1. The van der Waals surface area contributed by atoms with Gasteiger partial charge in [-0.1, -0.05) is 6.07 Å². The smallest absolute Gasteiger partial charge is 0.371 e. The van der Waals surface area contributed by atoms with Crippen LogP contribution in [0.5, 0.6) is 0 Å². The number of carbonyl (C=O) groups is 2. The molecule has 2 aromatic carbocycles. The van der Waals surface area contributed by atoms with E-state index in [1.165, 1.54) is 12.1 Å². The minimum atomic E-state index is -4.72. The molecule has 11 heteroatoms. The third-order valence-corrected chi connectivity index (χ3v) is 6.34. The van der Waals surface area contributed by atoms with E-state index in [1.54, 1.807) is 4.90 Å². The molecule has 188 valence electrons. The summed E-state index contributed by atoms with van der Waals surface area (Å²) in [7, 11) is 0. The summed E-state index contributed by atoms with van der Waals surface area (Å²) in [4.78, 5) is 28.3. The predicted molar refractivity (Wildman–Crippen MR) is 117 cm³/mol. The van der Waals surface area contributed by atoms with Crippen molar-refractivity contribution in [2.75, 3.05) is 29.9 Å². The van der Waals surface area contributed by atoms with Crippen LogP contribution in [0.15, 0.2) is 42.5 Å². The predicted octanol–water partition coefficient (Wildman–Crippen LogP) is 5.57. The van der Waals surface area contributed by atoms with Crippen molar-refractivity contribution in [2.45, 2.75) is 44.1 Å². The van der Waals surface area contributed by atoms with Gasteiger partial charge in [0, 0.05) is 49.0 Å². The highest BCUT2D eigenvalue weighted by Crippen LogP contribution is 2.35. The van der Waals surface area contributed by atoms with Crippen LogP contribution in [-0.4, -0.2) is 42.4 Å². The van der Waals surface area contributed by atoms with Crippen LogP contribution in [0, 0.1) is 0 Å². The van der Waals surface area contributed by atoms with Crippen LogP contribution in [0.3, 0.4) is 0 Å². The minimum Gasteiger partial charge on any atom is -0.371 e. The van der Waals surface area contributed by atoms with Crippen LogP contribution < -0.4 is 10.2 Å². The lowest BCUT2D eigenvalue weighted by molar-refractivity contribution is -0.138. The molecule has 2 fully saturated rings. The highest BCUT2D eigenvalue weighted by molar-refractivity contribution is 6.05. The Kier molecular flexibility index (Phi) is 6.70. The Hall–Kier alpha value is -3.24. The number of amides is 2. The van der Waals surface area contributed by atoms with Crippen LogP contribution in [0.2, 0.25) is 0 Å². The monoisotopic (exact) mass is 499 g/mol. The molecule has 0 radical (unpaired) electrons. The summed E-state index contributed by atoms with van der Waals surface area (Å²) in [5, 5.41) is 2.26. The molecular weight excluding hydrogens is 476 g/mol. The first-order valence-electron chi connectivity index (χ1n) is 11.2. The Morgan fingerprint density at radius 2 is 1.57 bits per heavy atom. The zero-order valence-corrected chi connectivity index (χ0v) is 18.5. The van der Waals surface area contributed by atoms with Gasteiger partial charge in [-0.3, -0.25) is 9.59 Å². The molecule has 1 N–H and O–H groups in total. The second-order valence-corrected chi connectivity index (χ2v) is 8.71. The number of rotatable bonds is 4. The van der Waals surface area contributed by atoms with E-state index in [2.05, 4.69) is 5.32 Å². The van der Waals surface area contributed by atoms with Gasteiger partial charge in [-0.25, -0.2) is 0 Å². The Morgan fingerprint density at radius 1 is 0.886 bits per heavy atom. The van der Waals surface area contributed by atoms with E-state index >= 15 is 0 Å². The molecule has 2 saturated heterocycles. The van der Waals surface area contributed by atoms with Crippen molar-refractivity contribution < 1.29 is 35.9 Å². The molecule has 35 heavy (non-hydrogen) atoms. The lowest BCUT2D eigenvalue weighted by Gasteiger charge is -2.38. The lowest BCUT2D eigenvalue weighted by Crippen LogP contribution is -2.45. The highest BCUT2D eigenvalue weighted by Gasteiger charge is 2.35. The van der Waals surface area contributed by atoms with Gasteiger partial charge in [0.05, 0.1) is 11.1 Å². The number of halogens is 6. The van der Waals surface area contributed by atoms with Crippen molar-refractivity contribution in [2.24, 2.45) is 0 Å². The lowest BCUT2D eigenvalue weighted by atomic mass is 10.0. The standard InChI is InChI=1S/C24H23F6N3O2/c25-23(26,27)16-3-1-4-18(13-16)31-22(35)15-11-17(24(28,29)30)14-20(12-15)32-9-6-19(7-10-32)33-8-2-5-21(33)34/h1,3-4,11-14,19H,2,5-10H2,(H,31,35). The number of hydrogen-bond donors (Lipinski definition) is 1. The number of alkyl halides is 6. The fourth-order valence-electron chi connectivity index (χ4n) is 4.56. The number of carbonyl (C=O) groups excluding carboxylic acids is 2. The van der Waals surface area contributed by atoms with Crippen LogP contribution in [0.4, 0.5) is 37.7 Å². The SMILES string of the molecule is O=C(Nc1cccc(C(F)(F)F)c1)c1cc(N2CCC(N3CCCC3=O)CC2)cc(C(F)(F)F)c1. The molecule has 0 atom stereocenters. The third kappa shape index (κ3) is 5.71. The maximum absolute atomic E-state index is 13.6. The van der Waals surface area contributed by atoms with Gasteiger partial charge in [-0.2, -0.15) is 26.3 Å². The normalized spacial score (nSPS) is 17.7. The summed E-state index contributed by atoms with van der Waals surface area (Å²) in [5.41, 5.74) is -2.32. The second kappa shape index (κ2) is 9.43. The molecule has 2 amide bonds. The molecule has 2 aliphatic heterocycles. The third-order valence-electron chi connectivity index (χ3n) is 6.34. The summed E-state index contributed by atoms with van der Waals surface area (Å²) in [6.45, 7) is 1.50. The van der Waals surface area contributed by atoms with Crippen LogP contribution in [0.25, 0.3) is 0 Å². The van der Waals surface area contributed by atoms with Gasteiger partial charge in [-0.05, 0) is 55.7 Å². The van der Waals surface area contributed by atoms with Gasteiger partial charge in [0.15, 0.2) is 0 Å². The van der Waals surface area contributed by atoms with Crippen molar-refractivity contribution in [3.63, 3.8) is 0 Å². The first kappa shape index (κ1) is 24.9. The first-order chi connectivity index (χ1) is 16.4. The summed E-state index contributed by atoms with van der Waals surface area (Å²) < 4.78 is 79.6. The molecule has 0 aliphatic carbocycles. The summed E-state index contributed by atoms with van der Waals surface area (Å²) in [6, 6.07) is 6.87. The van der Waals surface area contributed by atoms with Gasteiger partial charge >= 0.3 is 12.4 Å². The van der Waals surface area contributed by atoms with Crippen molar-refractivity contribution >= 4 is 23.2 Å². The van der Waals surface area contributed by atoms with Gasteiger partial charge in [0.1, 0.15) is 0 Å². The average molecular weight is 499 g/mol. The molecular formula is C24H23F6N3O2. The first-order valence-corrected chi connectivity index (χ1v) is 11.2. The second-order valence-electron chi connectivity index (χ2n) is 8.71. The van der Waals surface area contributed by atoms with Crippen molar-refractivity contribution in [3.05, 3.63) is 59.2 Å². The molecule has 5 nitrogen and oxygen atoms in total. The largest absolute Gasteiger partial charge is 0.416 e. The zero-order valence-electron chi connectivity index (χ0n) is 18.5. The van der Waals surface area contributed by atoms with E-state index < -0.39 is 29.4 Å². The number of piperidine rings is 1. The van der Waals surface area contributed by atoms with Crippen LogP contribution in [-0.2, 0) is 17.1 Å². The number of hydrogen-bond acceptors (Lipinski definition) is 3. The molecule has 2 heterocycles. The number of nitrogens with zero attached hydrogens (tertiary/aromatic N) is 2. The number of anilines is 2. The van der Waals surface area contributed by atoms with E-state index in [0.717, 1.165) is 30.7 Å². The van der Waals surface area contributed by atoms with Crippen molar-refractivity contribution in [1.82, 2.24) is 4.90 Å². The molecule has 2 aliphatic rings. The average Bonchev–Trinajstić information content (AvgIpc) is 3.23. The Bertz CT molecular complexity index is 1110. The molecule has 0 bridgehead atoms. The fraction of sp³-hybridized carbons (Fsp3) is 0.417. The summed E-state index contributed by atoms with van der Waals surface area (Å²) in [5.74, 6) is -0.856. The van der Waals surface area contributed by atoms with Crippen LogP contribution >= 0.6 is 0 Å². The van der Waals surface area contributed by atoms with Crippen LogP contribution in [0.1, 0.15) is 47.2 Å². The zero-order chi connectivity index (χ0) is 25.4. The molecule has 2 aromatic rings.